The minimum Gasteiger partial charge on any atom is -0.481 e. The number of nitrogens with zero attached hydrogens (tertiary/aromatic N) is 2. The lowest BCUT2D eigenvalue weighted by Crippen LogP contribution is -2.26. The number of aromatic nitrogens is 2. The standard InChI is InChI=1S/C13H13N3O3/c17-12(18)4-6-15-13(19)10-3-5-14-11(9-10)16-7-1-2-8-16/h1-3,5,7-9H,4,6H2,(H,15,19)(H,17,18). The summed E-state index contributed by atoms with van der Waals surface area (Å²) in [5.41, 5.74) is 0.448. The van der Waals surface area contributed by atoms with Gasteiger partial charge in [0.2, 0.25) is 0 Å². The minimum absolute atomic E-state index is 0.0960. The predicted octanol–water partition coefficient (Wildman–Crippen LogP) is 1.08. The third-order valence-electron chi connectivity index (χ3n) is 2.50. The lowest BCUT2D eigenvalue weighted by Gasteiger charge is -2.06. The summed E-state index contributed by atoms with van der Waals surface area (Å²) in [7, 11) is 0. The largest absolute Gasteiger partial charge is 0.481 e. The van der Waals surface area contributed by atoms with Gasteiger partial charge in [-0.05, 0) is 24.3 Å². The Bertz CT molecular complexity index is 579. The molecule has 98 valence electrons. The molecule has 19 heavy (non-hydrogen) atoms. The summed E-state index contributed by atoms with van der Waals surface area (Å²) in [6, 6.07) is 6.96. The van der Waals surface area contributed by atoms with E-state index >= 15 is 0 Å². The number of hydrogen-bond donors (Lipinski definition) is 2. The Morgan fingerprint density at radius 2 is 2.05 bits per heavy atom. The van der Waals surface area contributed by atoms with Gasteiger partial charge in [-0.1, -0.05) is 0 Å². The summed E-state index contributed by atoms with van der Waals surface area (Å²) in [6.07, 6.45) is 5.10. The molecule has 0 saturated carbocycles. The van der Waals surface area contributed by atoms with E-state index in [0.717, 1.165) is 0 Å². The van der Waals surface area contributed by atoms with Crippen LogP contribution in [0.2, 0.25) is 0 Å². The zero-order chi connectivity index (χ0) is 13.7. The van der Waals surface area contributed by atoms with E-state index in [0.29, 0.717) is 11.4 Å². The summed E-state index contributed by atoms with van der Waals surface area (Å²) in [5.74, 6) is -0.615. The Kier molecular flexibility index (Phi) is 3.92. The number of carbonyl (C=O) groups excluding carboxylic acids is 1. The van der Waals surface area contributed by atoms with Crippen LogP contribution >= 0.6 is 0 Å². The second kappa shape index (κ2) is 5.81. The molecule has 0 unspecified atom stereocenters. The molecule has 0 radical (unpaired) electrons. The second-order valence-electron chi connectivity index (χ2n) is 3.89. The van der Waals surface area contributed by atoms with Crippen molar-refractivity contribution in [3.05, 3.63) is 48.4 Å². The van der Waals surface area contributed by atoms with Crippen molar-refractivity contribution in [1.82, 2.24) is 14.9 Å². The van der Waals surface area contributed by atoms with Crippen molar-refractivity contribution in [1.29, 1.82) is 0 Å². The molecule has 1 amide bonds. The van der Waals surface area contributed by atoms with Crippen LogP contribution in [0.3, 0.4) is 0 Å². The molecule has 0 aliphatic carbocycles. The smallest absolute Gasteiger partial charge is 0.305 e. The minimum atomic E-state index is -0.942. The van der Waals surface area contributed by atoms with Crippen LogP contribution < -0.4 is 5.32 Å². The Labute approximate surface area is 109 Å². The lowest BCUT2D eigenvalue weighted by molar-refractivity contribution is -0.136. The van der Waals surface area contributed by atoms with Gasteiger partial charge >= 0.3 is 5.97 Å². The molecule has 2 N–H and O–H groups in total. The Balaban J connectivity index is 2.06. The van der Waals surface area contributed by atoms with Crippen molar-refractivity contribution >= 4 is 11.9 Å². The number of hydrogen-bond acceptors (Lipinski definition) is 3. The second-order valence-corrected chi connectivity index (χ2v) is 3.89. The number of carboxylic acid groups (broad SMARTS) is 1. The van der Waals surface area contributed by atoms with Crippen molar-refractivity contribution in [3.8, 4) is 5.82 Å². The molecule has 0 aliphatic heterocycles. The van der Waals surface area contributed by atoms with Crippen molar-refractivity contribution in [2.75, 3.05) is 6.54 Å². The molecule has 0 spiro atoms. The predicted molar refractivity (Wildman–Crippen MR) is 68.2 cm³/mol. The fourth-order valence-electron chi connectivity index (χ4n) is 1.57. The first-order valence-corrected chi connectivity index (χ1v) is 5.76. The van der Waals surface area contributed by atoms with E-state index in [1.807, 2.05) is 24.5 Å². The van der Waals surface area contributed by atoms with E-state index in [-0.39, 0.29) is 18.9 Å². The number of pyridine rings is 1. The van der Waals surface area contributed by atoms with Gasteiger partial charge in [0.25, 0.3) is 5.91 Å². The Hall–Kier alpha value is -2.63. The Morgan fingerprint density at radius 3 is 2.74 bits per heavy atom. The molecule has 6 nitrogen and oxygen atoms in total. The van der Waals surface area contributed by atoms with Gasteiger partial charge in [-0.25, -0.2) is 4.98 Å². The van der Waals surface area contributed by atoms with Crippen LogP contribution in [0.4, 0.5) is 0 Å². The highest BCUT2D eigenvalue weighted by Crippen LogP contribution is 2.07. The number of rotatable bonds is 5. The van der Waals surface area contributed by atoms with E-state index in [2.05, 4.69) is 10.3 Å². The zero-order valence-corrected chi connectivity index (χ0v) is 10.1. The van der Waals surface area contributed by atoms with Gasteiger partial charge in [-0.2, -0.15) is 0 Å². The molecule has 0 aromatic carbocycles. The normalized spacial score (nSPS) is 10.1. The Morgan fingerprint density at radius 1 is 1.32 bits per heavy atom. The maximum absolute atomic E-state index is 11.8. The number of nitrogens with one attached hydrogen (secondary N) is 1. The van der Waals surface area contributed by atoms with Crippen molar-refractivity contribution in [3.63, 3.8) is 0 Å². The number of aliphatic carboxylic acids is 1. The molecule has 2 heterocycles. The van der Waals surface area contributed by atoms with Gasteiger partial charge in [-0.3, -0.25) is 9.59 Å². The zero-order valence-electron chi connectivity index (χ0n) is 10.1. The summed E-state index contributed by atoms with van der Waals surface area (Å²) in [6.45, 7) is 0.106. The maximum atomic E-state index is 11.8. The van der Waals surface area contributed by atoms with Crippen LogP contribution in [0.1, 0.15) is 16.8 Å². The van der Waals surface area contributed by atoms with Crippen molar-refractivity contribution in [2.45, 2.75) is 6.42 Å². The average Bonchev–Trinajstić information content (AvgIpc) is 2.92. The van der Waals surface area contributed by atoms with Gasteiger partial charge in [0.15, 0.2) is 0 Å². The van der Waals surface area contributed by atoms with Crippen LogP contribution in [0.15, 0.2) is 42.9 Å². The highest BCUT2D eigenvalue weighted by atomic mass is 16.4. The highest BCUT2D eigenvalue weighted by molar-refractivity contribution is 5.94. The summed E-state index contributed by atoms with van der Waals surface area (Å²) in [5, 5.41) is 11.0. The third kappa shape index (κ3) is 3.41. The molecule has 2 rings (SSSR count). The van der Waals surface area contributed by atoms with Crippen LogP contribution in [0.25, 0.3) is 5.82 Å². The highest BCUT2D eigenvalue weighted by Gasteiger charge is 2.07. The van der Waals surface area contributed by atoms with Crippen molar-refractivity contribution in [2.24, 2.45) is 0 Å². The monoisotopic (exact) mass is 259 g/mol. The van der Waals surface area contributed by atoms with E-state index in [9.17, 15) is 9.59 Å². The molecule has 0 bridgehead atoms. The molecule has 0 atom stereocenters. The summed E-state index contributed by atoms with van der Waals surface area (Å²) in [4.78, 5) is 26.3. The first kappa shape index (κ1) is 12.8. The van der Waals surface area contributed by atoms with Gasteiger partial charge in [0.05, 0.1) is 6.42 Å². The first-order chi connectivity index (χ1) is 9.16. The van der Waals surface area contributed by atoms with Gasteiger partial charge < -0.3 is 15.0 Å². The molecular weight excluding hydrogens is 246 g/mol. The molecule has 2 aromatic rings. The first-order valence-electron chi connectivity index (χ1n) is 5.76. The van der Waals surface area contributed by atoms with E-state index < -0.39 is 5.97 Å². The number of amides is 1. The lowest BCUT2D eigenvalue weighted by atomic mass is 10.2. The van der Waals surface area contributed by atoms with E-state index in [4.69, 9.17) is 5.11 Å². The molecule has 6 heteroatoms. The van der Waals surface area contributed by atoms with Gasteiger partial charge in [0.1, 0.15) is 5.82 Å². The van der Waals surface area contributed by atoms with E-state index in [1.54, 1.807) is 22.9 Å². The molecule has 0 saturated heterocycles. The van der Waals surface area contributed by atoms with Gasteiger partial charge in [0, 0.05) is 30.7 Å². The van der Waals surface area contributed by atoms with Crippen LogP contribution in [0.5, 0.6) is 0 Å². The fourth-order valence-corrected chi connectivity index (χ4v) is 1.57. The number of carbonyl (C=O) groups is 2. The molecular formula is C13H13N3O3. The van der Waals surface area contributed by atoms with Crippen LogP contribution in [0, 0.1) is 0 Å². The van der Waals surface area contributed by atoms with Crippen LogP contribution in [-0.4, -0.2) is 33.1 Å². The molecule has 0 fully saturated rings. The fraction of sp³-hybridized carbons (Fsp3) is 0.154. The third-order valence-corrected chi connectivity index (χ3v) is 2.50. The van der Waals surface area contributed by atoms with Gasteiger partial charge in [-0.15, -0.1) is 0 Å². The average molecular weight is 259 g/mol. The topological polar surface area (TPSA) is 84.2 Å². The quantitative estimate of drug-likeness (QED) is 0.841. The molecule has 2 aromatic heterocycles. The van der Waals surface area contributed by atoms with E-state index in [1.165, 1.54) is 0 Å². The number of carboxylic acids is 1. The van der Waals surface area contributed by atoms with Crippen molar-refractivity contribution < 1.29 is 14.7 Å². The SMILES string of the molecule is O=C(O)CCNC(=O)c1ccnc(-n2cccc2)c1. The summed E-state index contributed by atoms with van der Waals surface area (Å²) < 4.78 is 1.79. The summed E-state index contributed by atoms with van der Waals surface area (Å²) >= 11 is 0. The maximum Gasteiger partial charge on any atom is 0.305 e. The molecule has 0 aliphatic rings. The van der Waals surface area contributed by atoms with Crippen LogP contribution in [-0.2, 0) is 4.79 Å².